The summed E-state index contributed by atoms with van der Waals surface area (Å²) in [5, 5.41) is 0. The van der Waals surface area contributed by atoms with Gasteiger partial charge >= 0.3 is 0 Å². The van der Waals surface area contributed by atoms with Crippen molar-refractivity contribution >= 4 is 5.65 Å². The second-order valence-corrected chi connectivity index (χ2v) is 4.73. The molecule has 0 saturated heterocycles. The molecule has 0 unspecified atom stereocenters. The van der Waals surface area contributed by atoms with E-state index in [4.69, 9.17) is 4.74 Å². The van der Waals surface area contributed by atoms with Crippen molar-refractivity contribution in [2.24, 2.45) is 0 Å². The zero-order valence-corrected chi connectivity index (χ0v) is 11.3. The molecule has 0 bridgehead atoms. The average Bonchev–Trinajstić information content (AvgIpc) is 2.84. The first kappa shape index (κ1) is 11.8. The highest BCUT2D eigenvalue weighted by Gasteiger charge is 2.10. The minimum Gasteiger partial charge on any atom is -0.496 e. The molecule has 2 heterocycles. The molecular formula is C16H16N2O. The van der Waals surface area contributed by atoms with Crippen LogP contribution in [0.15, 0.2) is 42.6 Å². The first-order valence-electron chi connectivity index (χ1n) is 6.29. The lowest BCUT2D eigenvalue weighted by atomic mass is 10.1. The lowest BCUT2D eigenvalue weighted by Crippen LogP contribution is -1.89. The molecule has 3 aromatic rings. The van der Waals surface area contributed by atoms with Gasteiger partial charge < -0.3 is 9.14 Å². The van der Waals surface area contributed by atoms with Crippen molar-refractivity contribution in [2.45, 2.75) is 13.8 Å². The lowest BCUT2D eigenvalue weighted by molar-refractivity contribution is 0.416. The standard InChI is InChI=1S/C16H16N2O/c1-11-7-8-15(19-3)13(9-11)14-10-18-12(2)5-4-6-16(18)17-14/h4-10H,1-3H3. The van der Waals surface area contributed by atoms with Gasteiger partial charge in [-0.1, -0.05) is 17.7 Å². The van der Waals surface area contributed by atoms with E-state index in [2.05, 4.69) is 41.6 Å². The minimum absolute atomic E-state index is 0.853. The summed E-state index contributed by atoms with van der Waals surface area (Å²) in [5.41, 5.74) is 5.30. The topological polar surface area (TPSA) is 26.5 Å². The summed E-state index contributed by atoms with van der Waals surface area (Å²) in [6.45, 7) is 4.15. The number of aryl methyl sites for hydroxylation is 2. The fourth-order valence-electron chi connectivity index (χ4n) is 2.30. The Balaban J connectivity index is 2.24. The molecule has 0 fully saturated rings. The van der Waals surface area contributed by atoms with Gasteiger partial charge in [-0.15, -0.1) is 0 Å². The Morgan fingerprint density at radius 2 is 1.95 bits per heavy atom. The minimum atomic E-state index is 0.853. The molecule has 1 aromatic carbocycles. The number of rotatable bonds is 2. The third-order valence-electron chi connectivity index (χ3n) is 3.33. The van der Waals surface area contributed by atoms with Gasteiger partial charge in [0, 0.05) is 17.5 Å². The Morgan fingerprint density at radius 1 is 1.11 bits per heavy atom. The molecule has 3 heteroatoms. The highest BCUT2D eigenvalue weighted by atomic mass is 16.5. The first-order chi connectivity index (χ1) is 9.19. The number of aromatic nitrogens is 2. The smallest absolute Gasteiger partial charge is 0.137 e. The van der Waals surface area contributed by atoms with Crippen molar-refractivity contribution in [1.29, 1.82) is 0 Å². The van der Waals surface area contributed by atoms with Gasteiger partial charge in [0.1, 0.15) is 11.4 Å². The van der Waals surface area contributed by atoms with Crippen LogP contribution in [0.5, 0.6) is 5.75 Å². The first-order valence-corrected chi connectivity index (χ1v) is 6.29. The van der Waals surface area contributed by atoms with Crippen LogP contribution in [-0.2, 0) is 0 Å². The fourth-order valence-corrected chi connectivity index (χ4v) is 2.30. The summed E-state index contributed by atoms with van der Waals surface area (Å²) < 4.78 is 7.53. The van der Waals surface area contributed by atoms with Gasteiger partial charge in [-0.3, -0.25) is 0 Å². The van der Waals surface area contributed by atoms with Crippen molar-refractivity contribution < 1.29 is 4.74 Å². The van der Waals surface area contributed by atoms with Crippen molar-refractivity contribution in [3.63, 3.8) is 0 Å². The Bertz CT molecular complexity index is 744. The van der Waals surface area contributed by atoms with E-state index in [1.807, 2.05) is 24.3 Å². The van der Waals surface area contributed by atoms with Crippen LogP contribution >= 0.6 is 0 Å². The van der Waals surface area contributed by atoms with Gasteiger partial charge in [0.05, 0.1) is 12.8 Å². The molecule has 0 aliphatic rings. The van der Waals surface area contributed by atoms with Gasteiger partial charge in [-0.05, 0) is 38.1 Å². The van der Waals surface area contributed by atoms with Gasteiger partial charge in [0.15, 0.2) is 0 Å². The molecule has 0 aliphatic heterocycles. The normalized spacial score (nSPS) is 10.9. The molecule has 0 N–H and O–H groups in total. The molecule has 0 spiro atoms. The summed E-state index contributed by atoms with van der Waals surface area (Å²) in [6.07, 6.45) is 2.06. The number of fused-ring (bicyclic) bond motifs is 1. The van der Waals surface area contributed by atoms with E-state index >= 15 is 0 Å². The van der Waals surface area contributed by atoms with E-state index in [9.17, 15) is 0 Å². The van der Waals surface area contributed by atoms with Crippen LogP contribution in [0.25, 0.3) is 16.9 Å². The molecule has 0 saturated carbocycles. The third kappa shape index (κ3) is 1.97. The predicted octanol–water partition coefficient (Wildman–Crippen LogP) is 3.63. The number of hydrogen-bond acceptors (Lipinski definition) is 2. The van der Waals surface area contributed by atoms with E-state index < -0.39 is 0 Å². The van der Waals surface area contributed by atoms with Crippen LogP contribution in [0.3, 0.4) is 0 Å². The highest BCUT2D eigenvalue weighted by Crippen LogP contribution is 2.30. The maximum absolute atomic E-state index is 5.43. The molecule has 19 heavy (non-hydrogen) atoms. The average molecular weight is 252 g/mol. The summed E-state index contributed by atoms with van der Waals surface area (Å²) in [6, 6.07) is 12.3. The molecule has 96 valence electrons. The van der Waals surface area contributed by atoms with E-state index in [0.717, 1.165) is 22.7 Å². The Hall–Kier alpha value is -2.29. The number of benzene rings is 1. The Kier molecular flexibility index (Phi) is 2.75. The second-order valence-electron chi connectivity index (χ2n) is 4.73. The second kappa shape index (κ2) is 4.43. The van der Waals surface area contributed by atoms with E-state index in [1.165, 1.54) is 11.3 Å². The number of nitrogens with zero attached hydrogens (tertiary/aromatic N) is 2. The molecule has 3 rings (SSSR count). The molecule has 0 radical (unpaired) electrons. The van der Waals surface area contributed by atoms with Crippen molar-refractivity contribution in [3.8, 4) is 17.0 Å². The maximum Gasteiger partial charge on any atom is 0.137 e. The summed E-state index contributed by atoms with van der Waals surface area (Å²) in [5.74, 6) is 0.853. The molecular weight excluding hydrogens is 236 g/mol. The number of ether oxygens (including phenoxy) is 1. The predicted molar refractivity (Wildman–Crippen MR) is 76.7 cm³/mol. The van der Waals surface area contributed by atoms with Crippen LogP contribution < -0.4 is 4.74 Å². The van der Waals surface area contributed by atoms with Gasteiger partial charge in [-0.2, -0.15) is 0 Å². The van der Waals surface area contributed by atoms with Gasteiger partial charge in [0.2, 0.25) is 0 Å². The molecule has 0 atom stereocenters. The number of imidazole rings is 1. The van der Waals surface area contributed by atoms with E-state index in [0.29, 0.717) is 0 Å². The van der Waals surface area contributed by atoms with Crippen LogP contribution in [0.4, 0.5) is 0 Å². The third-order valence-corrected chi connectivity index (χ3v) is 3.33. The summed E-state index contributed by atoms with van der Waals surface area (Å²) in [7, 11) is 1.69. The van der Waals surface area contributed by atoms with Crippen molar-refractivity contribution in [2.75, 3.05) is 7.11 Å². The molecule has 3 nitrogen and oxygen atoms in total. The lowest BCUT2D eigenvalue weighted by Gasteiger charge is -2.06. The van der Waals surface area contributed by atoms with Crippen LogP contribution in [0, 0.1) is 13.8 Å². The Labute approximate surface area is 112 Å². The van der Waals surface area contributed by atoms with Crippen molar-refractivity contribution in [3.05, 3.63) is 53.9 Å². The maximum atomic E-state index is 5.43. The molecule has 2 aromatic heterocycles. The SMILES string of the molecule is COc1ccc(C)cc1-c1cn2c(C)cccc2n1. The number of pyridine rings is 1. The fraction of sp³-hybridized carbons (Fsp3) is 0.188. The van der Waals surface area contributed by atoms with Crippen molar-refractivity contribution in [1.82, 2.24) is 9.38 Å². The number of hydrogen-bond donors (Lipinski definition) is 0. The van der Waals surface area contributed by atoms with E-state index in [1.54, 1.807) is 7.11 Å². The summed E-state index contributed by atoms with van der Waals surface area (Å²) in [4.78, 5) is 4.68. The zero-order chi connectivity index (χ0) is 13.4. The zero-order valence-electron chi connectivity index (χ0n) is 11.3. The van der Waals surface area contributed by atoms with Gasteiger partial charge in [-0.25, -0.2) is 4.98 Å². The summed E-state index contributed by atoms with van der Waals surface area (Å²) >= 11 is 0. The highest BCUT2D eigenvalue weighted by molar-refractivity contribution is 5.70. The molecule has 0 amide bonds. The van der Waals surface area contributed by atoms with Crippen LogP contribution in [0.2, 0.25) is 0 Å². The quantitative estimate of drug-likeness (QED) is 0.696. The molecule has 0 aliphatic carbocycles. The van der Waals surface area contributed by atoms with E-state index in [-0.39, 0.29) is 0 Å². The Morgan fingerprint density at radius 3 is 2.68 bits per heavy atom. The van der Waals surface area contributed by atoms with Gasteiger partial charge in [0.25, 0.3) is 0 Å². The van der Waals surface area contributed by atoms with Crippen LogP contribution in [0.1, 0.15) is 11.3 Å². The largest absolute Gasteiger partial charge is 0.496 e. The number of methoxy groups -OCH3 is 1. The van der Waals surface area contributed by atoms with Crippen LogP contribution in [-0.4, -0.2) is 16.5 Å². The monoisotopic (exact) mass is 252 g/mol.